The van der Waals surface area contributed by atoms with Crippen molar-refractivity contribution in [1.29, 1.82) is 0 Å². The molecule has 11 nitrogen and oxygen atoms in total. The van der Waals surface area contributed by atoms with Crippen molar-refractivity contribution in [2.45, 2.75) is 19.9 Å². The molecule has 0 spiro atoms. The number of nitrogens with zero attached hydrogens (tertiary/aromatic N) is 5. The predicted molar refractivity (Wildman–Crippen MR) is 161 cm³/mol. The zero-order valence-electron chi connectivity index (χ0n) is 23.2. The Bertz CT molecular complexity index is 2090. The molecule has 0 radical (unpaired) electrons. The van der Waals surface area contributed by atoms with Crippen molar-refractivity contribution in [3.05, 3.63) is 122 Å². The van der Waals surface area contributed by atoms with Crippen molar-refractivity contribution in [3.63, 3.8) is 0 Å². The number of hydrogen-bond acceptors (Lipinski definition) is 8. The summed E-state index contributed by atoms with van der Waals surface area (Å²) in [5, 5.41) is 15.2. The number of benzene rings is 2. The van der Waals surface area contributed by atoms with Gasteiger partial charge in [0.05, 0.1) is 23.1 Å². The molecular weight excluding hydrogens is 594 g/mol. The van der Waals surface area contributed by atoms with Crippen LogP contribution in [0.2, 0.25) is 0 Å². The number of carbonyl (C=O) groups is 1. The number of nitrogen functional groups attached to an aromatic ring is 1. The van der Waals surface area contributed by atoms with Crippen LogP contribution >= 0.6 is 11.3 Å². The highest BCUT2D eigenvalue weighted by molar-refractivity contribution is 7.07. The highest BCUT2D eigenvalue weighted by atomic mass is 32.1. The summed E-state index contributed by atoms with van der Waals surface area (Å²) in [6.07, 6.45) is 4.54. The normalized spacial score (nSPS) is 10.9. The van der Waals surface area contributed by atoms with E-state index in [1.807, 2.05) is 17.6 Å². The number of halogens is 2. The molecule has 2 aromatic carbocycles. The van der Waals surface area contributed by atoms with Crippen LogP contribution in [0.25, 0.3) is 22.5 Å². The third kappa shape index (κ3) is 6.10. The Morgan fingerprint density at radius 3 is 2.41 bits per heavy atom. The molecule has 4 heterocycles. The number of carboxylic acids is 1. The standard InChI is InChI=1S/C16H11FN4OS.C14H13FN2O4/c17-12-6-11(18)1-2-15(12)22-16-5-10(13-8-23-9-19-13)7-21-14(16)3-4-20-21;1-8(2)16-7-11(13(19)20)12(18)17(14(16)21)10-5-3-9(15)4-6-10/h1-9H,18H2;3-8H,1-2H3,(H,19,20). The van der Waals surface area contributed by atoms with Gasteiger partial charge in [0.1, 0.15) is 16.9 Å². The first-order valence-electron chi connectivity index (χ1n) is 13.0. The Hall–Kier alpha value is -5.63. The Balaban J connectivity index is 0.000000176. The highest BCUT2D eigenvalue weighted by Gasteiger charge is 2.19. The topological polar surface area (TPSA) is 147 Å². The van der Waals surface area contributed by atoms with Crippen LogP contribution in [0.15, 0.2) is 93.7 Å². The number of fused-ring (bicyclic) bond motifs is 1. The molecular formula is C30H24F2N6O5S. The van der Waals surface area contributed by atoms with Crippen molar-refractivity contribution in [1.82, 2.24) is 23.7 Å². The summed E-state index contributed by atoms with van der Waals surface area (Å²) in [6, 6.07) is 12.3. The van der Waals surface area contributed by atoms with Crippen LogP contribution in [0.5, 0.6) is 11.5 Å². The van der Waals surface area contributed by atoms with Crippen LogP contribution in [-0.2, 0) is 0 Å². The van der Waals surface area contributed by atoms with Gasteiger partial charge >= 0.3 is 11.7 Å². The Kier molecular flexibility index (Phi) is 8.35. The minimum absolute atomic E-state index is 0.109. The Labute approximate surface area is 251 Å². The molecule has 0 unspecified atom stereocenters. The van der Waals surface area contributed by atoms with E-state index in [9.17, 15) is 23.2 Å². The molecule has 0 atom stereocenters. The van der Waals surface area contributed by atoms with Gasteiger partial charge in [0.15, 0.2) is 17.3 Å². The molecule has 0 amide bonds. The lowest BCUT2D eigenvalue weighted by molar-refractivity contribution is 0.0693. The van der Waals surface area contributed by atoms with Crippen LogP contribution in [0.1, 0.15) is 30.2 Å². The van der Waals surface area contributed by atoms with Crippen LogP contribution in [-0.4, -0.2) is 34.8 Å². The second-order valence-electron chi connectivity index (χ2n) is 9.67. The van der Waals surface area contributed by atoms with E-state index >= 15 is 0 Å². The van der Waals surface area contributed by atoms with Gasteiger partial charge in [0, 0.05) is 41.1 Å². The van der Waals surface area contributed by atoms with Crippen molar-refractivity contribution < 1.29 is 23.4 Å². The van der Waals surface area contributed by atoms with Gasteiger partial charge in [-0.05, 0) is 62.4 Å². The fourth-order valence-corrected chi connectivity index (χ4v) is 4.76. The molecule has 44 heavy (non-hydrogen) atoms. The van der Waals surface area contributed by atoms with Crippen LogP contribution < -0.4 is 21.7 Å². The monoisotopic (exact) mass is 618 g/mol. The molecule has 0 aliphatic carbocycles. The zero-order chi connectivity index (χ0) is 31.5. The van der Waals surface area contributed by atoms with Crippen molar-refractivity contribution in [3.8, 4) is 28.4 Å². The molecule has 224 valence electrons. The number of hydrogen-bond donors (Lipinski definition) is 2. The first-order chi connectivity index (χ1) is 21.0. The van der Waals surface area contributed by atoms with E-state index in [2.05, 4.69) is 10.1 Å². The first-order valence-corrected chi connectivity index (χ1v) is 13.9. The minimum Gasteiger partial charge on any atom is -0.477 e. The maximum Gasteiger partial charge on any atom is 0.342 e. The molecule has 0 bridgehead atoms. The van der Waals surface area contributed by atoms with Gasteiger partial charge in [-0.2, -0.15) is 5.10 Å². The van der Waals surface area contributed by atoms with Gasteiger partial charge in [0.25, 0.3) is 5.56 Å². The number of anilines is 1. The number of ether oxygens (including phenoxy) is 1. The number of pyridine rings is 1. The lowest BCUT2D eigenvalue weighted by atomic mass is 10.2. The van der Waals surface area contributed by atoms with Gasteiger partial charge < -0.3 is 15.6 Å². The molecule has 0 saturated heterocycles. The van der Waals surface area contributed by atoms with Crippen LogP contribution in [0, 0.1) is 11.6 Å². The second kappa shape index (κ2) is 12.3. The summed E-state index contributed by atoms with van der Waals surface area (Å²) in [5.74, 6) is -1.85. The van der Waals surface area contributed by atoms with E-state index < -0.39 is 34.4 Å². The highest BCUT2D eigenvalue weighted by Crippen LogP contribution is 2.32. The number of aromatic nitrogens is 5. The van der Waals surface area contributed by atoms with Gasteiger partial charge in [-0.25, -0.2) is 32.4 Å². The van der Waals surface area contributed by atoms with E-state index in [-0.39, 0.29) is 17.5 Å². The van der Waals surface area contributed by atoms with Crippen molar-refractivity contribution in [2.75, 3.05) is 5.73 Å². The number of nitrogens with two attached hydrogens (primary N) is 1. The third-order valence-electron chi connectivity index (χ3n) is 6.36. The van der Waals surface area contributed by atoms with E-state index in [1.165, 1.54) is 35.6 Å². The molecule has 14 heteroatoms. The predicted octanol–water partition coefficient (Wildman–Crippen LogP) is 5.39. The second-order valence-corrected chi connectivity index (χ2v) is 10.4. The third-order valence-corrected chi connectivity index (χ3v) is 6.95. The fraction of sp³-hybridized carbons (Fsp3) is 0.100. The molecule has 4 aromatic heterocycles. The maximum absolute atomic E-state index is 14.0. The zero-order valence-corrected chi connectivity index (χ0v) is 24.0. The summed E-state index contributed by atoms with van der Waals surface area (Å²) in [6.45, 7) is 3.37. The lowest BCUT2D eigenvalue weighted by Gasteiger charge is -2.14. The number of thiazole rings is 1. The molecule has 0 fully saturated rings. The molecule has 6 aromatic rings. The molecule has 6 rings (SSSR count). The summed E-state index contributed by atoms with van der Waals surface area (Å²) < 4.78 is 36.3. The summed E-state index contributed by atoms with van der Waals surface area (Å²) in [7, 11) is 0. The molecule has 0 aliphatic heterocycles. The Morgan fingerprint density at radius 1 is 1.02 bits per heavy atom. The van der Waals surface area contributed by atoms with Crippen molar-refractivity contribution in [2.24, 2.45) is 0 Å². The van der Waals surface area contributed by atoms with Gasteiger partial charge in [-0.15, -0.1) is 11.3 Å². The maximum atomic E-state index is 14.0. The average Bonchev–Trinajstić information content (AvgIpc) is 3.68. The van der Waals surface area contributed by atoms with E-state index in [0.717, 1.165) is 44.2 Å². The van der Waals surface area contributed by atoms with E-state index in [0.29, 0.717) is 11.4 Å². The molecule has 3 N–H and O–H groups in total. The Morgan fingerprint density at radius 2 is 1.77 bits per heavy atom. The fourth-order valence-electron chi connectivity index (χ4n) is 4.20. The number of aromatic carboxylic acids is 1. The van der Waals surface area contributed by atoms with E-state index in [4.69, 9.17) is 15.6 Å². The summed E-state index contributed by atoms with van der Waals surface area (Å²) in [4.78, 5) is 39.9. The summed E-state index contributed by atoms with van der Waals surface area (Å²) in [5.41, 5.74) is 8.03. The van der Waals surface area contributed by atoms with Crippen LogP contribution in [0.4, 0.5) is 14.5 Å². The lowest BCUT2D eigenvalue weighted by Crippen LogP contribution is -2.41. The quantitative estimate of drug-likeness (QED) is 0.236. The minimum atomic E-state index is -1.43. The molecule has 0 aliphatic rings. The summed E-state index contributed by atoms with van der Waals surface area (Å²) >= 11 is 1.50. The smallest absolute Gasteiger partial charge is 0.342 e. The average molecular weight is 619 g/mol. The first kappa shape index (κ1) is 29.8. The molecule has 0 saturated carbocycles. The van der Waals surface area contributed by atoms with Gasteiger partial charge in [-0.1, -0.05) is 0 Å². The number of carboxylic acid groups (broad SMARTS) is 1. The van der Waals surface area contributed by atoms with Crippen molar-refractivity contribution >= 4 is 28.5 Å². The largest absolute Gasteiger partial charge is 0.477 e. The SMILES string of the molecule is CC(C)n1cc(C(=O)O)c(=O)n(-c2ccc(F)cc2)c1=O.Nc1ccc(Oc2cc(-c3cscn3)cn3nccc23)c(F)c1. The van der Waals surface area contributed by atoms with Gasteiger partial charge in [-0.3, -0.25) is 9.36 Å². The number of rotatable bonds is 6. The van der Waals surface area contributed by atoms with Crippen LogP contribution in [0.3, 0.4) is 0 Å². The van der Waals surface area contributed by atoms with E-state index in [1.54, 1.807) is 42.2 Å². The van der Waals surface area contributed by atoms with Gasteiger partial charge in [0.2, 0.25) is 0 Å².